The van der Waals surface area contributed by atoms with Crippen molar-refractivity contribution in [1.82, 2.24) is 4.98 Å². The first-order valence-corrected chi connectivity index (χ1v) is 3.30. The van der Waals surface area contributed by atoms with Gasteiger partial charge in [0, 0.05) is 18.0 Å². The van der Waals surface area contributed by atoms with Crippen LogP contribution in [0.2, 0.25) is 0 Å². The molecule has 10 heavy (non-hydrogen) atoms. The molecule has 1 atom stereocenters. The van der Waals surface area contributed by atoms with Gasteiger partial charge in [0.2, 0.25) is 0 Å². The molecular formula is C7H8ClNO. The number of aliphatic hydroxyl groups is 1. The van der Waals surface area contributed by atoms with E-state index in [9.17, 15) is 5.11 Å². The van der Waals surface area contributed by atoms with Crippen molar-refractivity contribution in [2.45, 2.75) is 12.0 Å². The number of pyridine rings is 1. The predicted octanol–water partition coefficient (Wildman–Crippen LogP) is 1.49. The van der Waals surface area contributed by atoms with Gasteiger partial charge in [-0.15, -0.1) is 0 Å². The predicted molar refractivity (Wildman–Crippen MR) is 39.7 cm³/mol. The van der Waals surface area contributed by atoms with Crippen molar-refractivity contribution < 1.29 is 5.11 Å². The number of rotatable bonds is 1. The third-order valence-electron chi connectivity index (χ3n) is 1.19. The molecule has 2 nitrogen and oxygen atoms in total. The molecule has 0 amide bonds. The lowest BCUT2D eigenvalue weighted by atomic mass is 10.2. The Morgan fingerprint density at radius 2 is 2.40 bits per heavy atom. The maximum atomic E-state index is 9.21. The molecule has 0 saturated carbocycles. The van der Waals surface area contributed by atoms with Crippen LogP contribution in [-0.2, 0) is 5.06 Å². The summed E-state index contributed by atoms with van der Waals surface area (Å²) in [5.74, 6) is 0. The Bertz CT molecular complexity index is 205. The molecule has 0 bridgehead atoms. The molecule has 0 radical (unpaired) electrons. The number of hydrogen-bond acceptors (Lipinski definition) is 2. The first kappa shape index (κ1) is 7.51. The highest BCUT2D eigenvalue weighted by atomic mass is 35.5. The summed E-state index contributed by atoms with van der Waals surface area (Å²) in [4.78, 5) is 3.81. The van der Waals surface area contributed by atoms with E-state index in [1.165, 1.54) is 13.1 Å². The van der Waals surface area contributed by atoms with Crippen LogP contribution in [0.1, 0.15) is 12.5 Å². The Morgan fingerprint density at radius 1 is 1.70 bits per heavy atom. The summed E-state index contributed by atoms with van der Waals surface area (Å²) < 4.78 is 0. The van der Waals surface area contributed by atoms with Crippen LogP contribution in [-0.4, -0.2) is 10.1 Å². The lowest BCUT2D eigenvalue weighted by Gasteiger charge is -2.13. The highest BCUT2D eigenvalue weighted by molar-refractivity contribution is 6.22. The first-order chi connectivity index (χ1) is 4.61. The third-order valence-corrected chi connectivity index (χ3v) is 1.41. The van der Waals surface area contributed by atoms with Crippen molar-refractivity contribution in [3.8, 4) is 0 Å². The number of aromatic nitrogens is 1. The van der Waals surface area contributed by atoms with Crippen LogP contribution in [0.5, 0.6) is 0 Å². The molecule has 1 unspecified atom stereocenters. The average Bonchev–Trinajstić information content (AvgIpc) is 1.88. The van der Waals surface area contributed by atoms with Gasteiger partial charge in [-0.1, -0.05) is 17.7 Å². The Kier molecular flexibility index (Phi) is 1.92. The van der Waals surface area contributed by atoms with E-state index < -0.39 is 5.06 Å². The molecule has 3 heteroatoms. The molecule has 0 aliphatic carbocycles. The molecule has 1 aromatic rings. The van der Waals surface area contributed by atoms with E-state index in [0.717, 1.165) is 0 Å². The minimum atomic E-state index is -1.30. The van der Waals surface area contributed by atoms with Crippen molar-refractivity contribution in [3.05, 3.63) is 30.1 Å². The molecule has 1 aromatic heterocycles. The Balaban J connectivity index is 2.97. The molecule has 1 heterocycles. The Labute approximate surface area is 64.5 Å². The van der Waals surface area contributed by atoms with E-state index in [4.69, 9.17) is 11.6 Å². The number of nitrogens with zero attached hydrogens (tertiary/aromatic N) is 1. The van der Waals surface area contributed by atoms with E-state index in [1.807, 2.05) is 0 Å². The summed E-state index contributed by atoms with van der Waals surface area (Å²) in [5, 5.41) is 7.92. The van der Waals surface area contributed by atoms with Crippen LogP contribution in [0.15, 0.2) is 24.5 Å². The minimum Gasteiger partial charge on any atom is -0.371 e. The number of hydrogen-bond donors (Lipinski definition) is 1. The fourth-order valence-corrected chi connectivity index (χ4v) is 0.744. The average molecular weight is 158 g/mol. The molecule has 54 valence electrons. The van der Waals surface area contributed by atoms with Gasteiger partial charge in [0.15, 0.2) is 5.06 Å². The van der Waals surface area contributed by atoms with E-state index in [0.29, 0.717) is 5.56 Å². The zero-order valence-electron chi connectivity index (χ0n) is 5.58. The summed E-state index contributed by atoms with van der Waals surface area (Å²) in [6.07, 6.45) is 3.17. The third kappa shape index (κ3) is 1.69. The second-order valence-corrected chi connectivity index (χ2v) is 2.93. The topological polar surface area (TPSA) is 33.1 Å². The van der Waals surface area contributed by atoms with Gasteiger partial charge in [0.1, 0.15) is 0 Å². The van der Waals surface area contributed by atoms with Crippen molar-refractivity contribution in [3.63, 3.8) is 0 Å². The second-order valence-electron chi connectivity index (χ2n) is 2.20. The molecule has 0 aliphatic heterocycles. The van der Waals surface area contributed by atoms with Gasteiger partial charge in [0.25, 0.3) is 0 Å². The van der Waals surface area contributed by atoms with Gasteiger partial charge in [-0.3, -0.25) is 4.98 Å². The molecule has 0 fully saturated rings. The fraction of sp³-hybridized carbons (Fsp3) is 0.286. The van der Waals surface area contributed by atoms with Crippen LogP contribution < -0.4 is 0 Å². The van der Waals surface area contributed by atoms with Crippen molar-refractivity contribution in [2.24, 2.45) is 0 Å². The zero-order chi connectivity index (χ0) is 7.61. The van der Waals surface area contributed by atoms with Crippen LogP contribution in [0.25, 0.3) is 0 Å². The SMILES string of the molecule is CC(O)(Cl)c1cccnc1. The highest BCUT2D eigenvalue weighted by Crippen LogP contribution is 2.22. The minimum absolute atomic E-state index is 0.608. The van der Waals surface area contributed by atoms with Crippen molar-refractivity contribution in [1.29, 1.82) is 0 Å². The lowest BCUT2D eigenvalue weighted by molar-refractivity contribution is 0.150. The van der Waals surface area contributed by atoms with Gasteiger partial charge in [-0.25, -0.2) is 0 Å². The van der Waals surface area contributed by atoms with Gasteiger partial charge < -0.3 is 5.11 Å². The molecule has 1 N–H and O–H groups in total. The van der Waals surface area contributed by atoms with Crippen molar-refractivity contribution >= 4 is 11.6 Å². The van der Waals surface area contributed by atoms with Gasteiger partial charge in [-0.2, -0.15) is 0 Å². The molecule has 0 spiro atoms. The van der Waals surface area contributed by atoms with Crippen LogP contribution in [0.3, 0.4) is 0 Å². The molecule has 0 aliphatic rings. The quantitative estimate of drug-likeness (QED) is 0.627. The molecule has 0 aromatic carbocycles. The van der Waals surface area contributed by atoms with Gasteiger partial charge in [-0.05, 0) is 13.0 Å². The van der Waals surface area contributed by atoms with Crippen molar-refractivity contribution in [2.75, 3.05) is 0 Å². The van der Waals surface area contributed by atoms with E-state index in [-0.39, 0.29) is 0 Å². The largest absolute Gasteiger partial charge is 0.371 e. The molecule has 0 saturated heterocycles. The summed E-state index contributed by atoms with van der Waals surface area (Å²) >= 11 is 5.57. The fourth-order valence-electron chi connectivity index (χ4n) is 0.633. The Hall–Kier alpha value is -0.600. The summed E-state index contributed by atoms with van der Waals surface area (Å²) in [6.45, 7) is 1.51. The summed E-state index contributed by atoms with van der Waals surface area (Å²) in [6, 6.07) is 3.45. The smallest absolute Gasteiger partial charge is 0.162 e. The zero-order valence-corrected chi connectivity index (χ0v) is 6.34. The maximum absolute atomic E-state index is 9.21. The molecule has 1 rings (SSSR count). The van der Waals surface area contributed by atoms with Crippen LogP contribution in [0, 0.1) is 0 Å². The highest BCUT2D eigenvalue weighted by Gasteiger charge is 2.17. The summed E-state index contributed by atoms with van der Waals surface area (Å²) in [7, 11) is 0. The second kappa shape index (κ2) is 2.56. The Morgan fingerprint density at radius 3 is 2.70 bits per heavy atom. The summed E-state index contributed by atoms with van der Waals surface area (Å²) in [5.41, 5.74) is 0.608. The van der Waals surface area contributed by atoms with E-state index in [2.05, 4.69) is 4.98 Å². The van der Waals surface area contributed by atoms with E-state index >= 15 is 0 Å². The van der Waals surface area contributed by atoms with E-state index in [1.54, 1.807) is 18.3 Å². The van der Waals surface area contributed by atoms with Crippen LogP contribution >= 0.6 is 11.6 Å². The lowest BCUT2D eigenvalue weighted by Crippen LogP contribution is -2.11. The maximum Gasteiger partial charge on any atom is 0.162 e. The molecular weight excluding hydrogens is 150 g/mol. The number of halogens is 1. The normalized spacial score (nSPS) is 16.3. The monoisotopic (exact) mass is 157 g/mol. The van der Waals surface area contributed by atoms with Gasteiger partial charge in [0.05, 0.1) is 0 Å². The first-order valence-electron chi connectivity index (χ1n) is 2.92. The standard InChI is InChI=1S/C7H8ClNO/c1-7(8,10)6-3-2-4-9-5-6/h2-5,10H,1H3. The number of alkyl halides is 1. The van der Waals surface area contributed by atoms with Gasteiger partial charge >= 0.3 is 0 Å². The van der Waals surface area contributed by atoms with Crippen LogP contribution in [0.4, 0.5) is 0 Å².